The molecular formula is C30H33ClF3N3O5S. The summed E-state index contributed by atoms with van der Waals surface area (Å²) in [7, 11) is -3.11. The zero-order valence-electron chi connectivity index (χ0n) is 24.1. The first-order chi connectivity index (χ1) is 20.2. The van der Waals surface area contributed by atoms with Gasteiger partial charge >= 0.3 is 6.18 Å². The molecule has 8 nitrogen and oxygen atoms in total. The Kier molecular flexibility index (Phi) is 11.1. The normalized spacial score (nSPS) is 13.1. The number of halogens is 4. The lowest BCUT2D eigenvalue weighted by Crippen LogP contribution is -2.52. The van der Waals surface area contributed by atoms with Crippen LogP contribution in [-0.4, -0.2) is 50.9 Å². The molecule has 0 aliphatic heterocycles. The van der Waals surface area contributed by atoms with Crippen LogP contribution in [0.4, 0.5) is 18.9 Å². The topological polar surface area (TPSA) is 96.0 Å². The highest BCUT2D eigenvalue weighted by molar-refractivity contribution is 7.92. The van der Waals surface area contributed by atoms with E-state index in [1.807, 2.05) is 6.92 Å². The minimum Gasteiger partial charge on any atom is -0.497 e. The summed E-state index contributed by atoms with van der Waals surface area (Å²) in [6.07, 6.45) is -4.18. The van der Waals surface area contributed by atoms with Crippen LogP contribution in [0.5, 0.6) is 5.75 Å². The van der Waals surface area contributed by atoms with Gasteiger partial charge in [-0.05, 0) is 68.3 Å². The van der Waals surface area contributed by atoms with Crippen molar-refractivity contribution in [1.82, 2.24) is 10.2 Å². The van der Waals surface area contributed by atoms with Crippen molar-refractivity contribution in [3.63, 3.8) is 0 Å². The number of nitrogens with zero attached hydrogens (tertiary/aromatic N) is 2. The number of benzene rings is 3. The predicted octanol–water partition coefficient (Wildman–Crippen LogP) is 5.89. The van der Waals surface area contributed by atoms with Gasteiger partial charge in [0.1, 0.15) is 18.3 Å². The Morgan fingerprint density at radius 2 is 1.63 bits per heavy atom. The van der Waals surface area contributed by atoms with Gasteiger partial charge in [-0.3, -0.25) is 13.9 Å². The van der Waals surface area contributed by atoms with Crippen LogP contribution in [0.15, 0.2) is 77.7 Å². The second-order valence-electron chi connectivity index (χ2n) is 9.85. The maximum Gasteiger partial charge on any atom is 0.416 e. The van der Waals surface area contributed by atoms with Gasteiger partial charge in [-0.2, -0.15) is 13.2 Å². The fraction of sp³-hybridized carbons (Fsp3) is 0.333. The van der Waals surface area contributed by atoms with E-state index in [9.17, 15) is 31.2 Å². The summed E-state index contributed by atoms with van der Waals surface area (Å²) < 4.78 is 74.4. The number of nitrogens with one attached hydrogen (secondary N) is 1. The monoisotopic (exact) mass is 639 g/mol. The number of methoxy groups -OCH3 is 1. The van der Waals surface area contributed by atoms with Gasteiger partial charge < -0.3 is 15.0 Å². The van der Waals surface area contributed by atoms with E-state index in [0.717, 1.165) is 12.1 Å². The summed E-state index contributed by atoms with van der Waals surface area (Å²) >= 11 is 6.27. The first-order valence-corrected chi connectivity index (χ1v) is 15.2. The van der Waals surface area contributed by atoms with E-state index in [4.69, 9.17) is 16.3 Å². The Morgan fingerprint density at radius 3 is 2.19 bits per heavy atom. The van der Waals surface area contributed by atoms with Crippen molar-refractivity contribution in [3.05, 3.63) is 88.9 Å². The fourth-order valence-corrected chi connectivity index (χ4v) is 5.80. The summed E-state index contributed by atoms with van der Waals surface area (Å²) in [5.74, 6) is -0.759. The summed E-state index contributed by atoms with van der Waals surface area (Å²) in [5, 5.41) is 2.50. The van der Waals surface area contributed by atoms with E-state index >= 15 is 0 Å². The summed E-state index contributed by atoms with van der Waals surface area (Å²) in [5.41, 5.74) is -1.08. The lowest BCUT2D eigenvalue weighted by atomic mass is 10.1. The number of carbonyl (C=O) groups excluding carboxylic acids is 2. The van der Waals surface area contributed by atoms with Crippen molar-refractivity contribution in [2.75, 3.05) is 18.0 Å². The molecule has 3 aromatic carbocycles. The molecule has 2 amide bonds. The molecule has 0 aliphatic carbocycles. The van der Waals surface area contributed by atoms with Gasteiger partial charge in [-0.1, -0.05) is 48.9 Å². The molecule has 232 valence electrons. The average Bonchev–Trinajstić information content (AvgIpc) is 2.98. The van der Waals surface area contributed by atoms with Crippen LogP contribution in [0.2, 0.25) is 5.02 Å². The van der Waals surface area contributed by atoms with Crippen molar-refractivity contribution in [3.8, 4) is 5.75 Å². The van der Waals surface area contributed by atoms with Gasteiger partial charge in [0, 0.05) is 12.6 Å². The van der Waals surface area contributed by atoms with Crippen LogP contribution in [-0.2, 0) is 32.3 Å². The molecule has 0 saturated heterocycles. The number of alkyl halides is 3. The zero-order chi connectivity index (χ0) is 31.9. The molecule has 0 heterocycles. The maximum absolute atomic E-state index is 14.0. The molecule has 0 radical (unpaired) electrons. The Bertz CT molecular complexity index is 1520. The summed E-state index contributed by atoms with van der Waals surface area (Å²) in [4.78, 5) is 28.0. The molecule has 0 unspecified atom stereocenters. The Balaban J connectivity index is 2.11. The molecule has 0 spiro atoms. The maximum atomic E-state index is 14.0. The van der Waals surface area contributed by atoms with Crippen LogP contribution in [0.1, 0.15) is 38.3 Å². The van der Waals surface area contributed by atoms with Crippen LogP contribution in [0.3, 0.4) is 0 Å². The van der Waals surface area contributed by atoms with E-state index in [1.165, 1.54) is 43.2 Å². The van der Waals surface area contributed by atoms with E-state index in [1.54, 1.807) is 37.3 Å². The number of ether oxygens (including phenoxy) is 1. The number of carbonyl (C=O) groups is 2. The smallest absolute Gasteiger partial charge is 0.416 e. The van der Waals surface area contributed by atoms with E-state index in [2.05, 4.69) is 5.32 Å². The number of hydrogen-bond acceptors (Lipinski definition) is 5. The third-order valence-corrected chi connectivity index (χ3v) is 8.93. The Labute approximate surface area is 254 Å². The summed E-state index contributed by atoms with van der Waals surface area (Å²) in [6, 6.07) is 14.6. The largest absolute Gasteiger partial charge is 0.497 e. The van der Waals surface area contributed by atoms with Crippen molar-refractivity contribution in [2.24, 2.45) is 0 Å². The van der Waals surface area contributed by atoms with Gasteiger partial charge in [0.2, 0.25) is 11.8 Å². The van der Waals surface area contributed by atoms with Crippen LogP contribution < -0.4 is 14.4 Å². The number of rotatable bonds is 12. The number of sulfonamides is 1. The van der Waals surface area contributed by atoms with Gasteiger partial charge in [0.15, 0.2) is 0 Å². The molecule has 0 saturated carbocycles. The Morgan fingerprint density at radius 1 is 1.00 bits per heavy atom. The highest BCUT2D eigenvalue weighted by Crippen LogP contribution is 2.37. The third-order valence-electron chi connectivity index (χ3n) is 6.83. The molecule has 0 aromatic heterocycles. The highest BCUT2D eigenvalue weighted by atomic mass is 35.5. The third kappa shape index (κ3) is 8.41. The SMILES string of the molecule is CC[C@@H](C)NC(=O)[C@@H](C)N(Cc1ccc(OC)cc1)C(=O)CN(c1cc(C(F)(F)F)ccc1Cl)S(=O)(=O)c1ccccc1. The minimum absolute atomic E-state index is 0.104. The van der Waals surface area contributed by atoms with E-state index < -0.39 is 51.9 Å². The van der Waals surface area contributed by atoms with Crippen molar-refractivity contribution in [2.45, 2.75) is 56.9 Å². The van der Waals surface area contributed by atoms with Crippen LogP contribution >= 0.6 is 11.6 Å². The molecule has 3 rings (SSSR count). The van der Waals surface area contributed by atoms with E-state index in [-0.39, 0.29) is 22.5 Å². The number of amides is 2. The molecule has 3 aromatic rings. The van der Waals surface area contributed by atoms with Gasteiger partial charge in [0.25, 0.3) is 10.0 Å². The van der Waals surface area contributed by atoms with Crippen molar-refractivity contribution < 1.29 is 35.9 Å². The fourth-order valence-electron chi connectivity index (χ4n) is 4.09. The first kappa shape index (κ1) is 33.7. The number of anilines is 1. The van der Waals surface area contributed by atoms with Gasteiger partial charge in [0.05, 0.1) is 28.3 Å². The quantitative estimate of drug-likeness (QED) is 0.267. The molecule has 1 N–H and O–H groups in total. The second-order valence-corrected chi connectivity index (χ2v) is 12.1. The van der Waals surface area contributed by atoms with Crippen LogP contribution in [0, 0.1) is 0 Å². The molecule has 0 aliphatic rings. The van der Waals surface area contributed by atoms with Crippen LogP contribution in [0.25, 0.3) is 0 Å². The molecule has 13 heteroatoms. The average molecular weight is 640 g/mol. The van der Waals surface area contributed by atoms with Crippen molar-refractivity contribution >= 4 is 39.1 Å². The van der Waals surface area contributed by atoms with Gasteiger partial charge in [-0.15, -0.1) is 0 Å². The predicted molar refractivity (Wildman–Crippen MR) is 158 cm³/mol. The number of hydrogen-bond donors (Lipinski definition) is 1. The molecule has 2 atom stereocenters. The van der Waals surface area contributed by atoms with Crippen molar-refractivity contribution in [1.29, 1.82) is 0 Å². The standard InChI is InChI=1S/C30H33ClF3N3O5S/c1-5-20(2)35-29(39)21(3)36(18-22-11-14-24(42-4)15-12-22)28(38)19-37(43(40,41)25-9-7-6-8-10-25)27-17-23(30(32,33)34)13-16-26(27)31/h6-17,20-21H,5,18-19H2,1-4H3,(H,35,39)/t20-,21-/m1/s1. The molecular weight excluding hydrogens is 607 g/mol. The molecule has 0 bridgehead atoms. The van der Waals surface area contributed by atoms with Gasteiger partial charge in [-0.25, -0.2) is 8.42 Å². The lowest BCUT2D eigenvalue weighted by Gasteiger charge is -2.33. The summed E-state index contributed by atoms with van der Waals surface area (Å²) in [6.45, 7) is 4.13. The lowest BCUT2D eigenvalue weighted by molar-refractivity contribution is -0.139. The zero-order valence-corrected chi connectivity index (χ0v) is 25.6. The minimum atomic E-state index is -4.81. The highest BCUT2D eigenvalue weighted by Gasteiger charge is 2.36. The Hall–Kier alpha value is -3.77. The second kappa shape index (κ2) is 14.1. The molecule has 0 fully saturated rings. The first-order valence-electron chi connectivity index (χ1n) is 13.4. The van der Waals surface area contributed by atoms with E-state index in [0.29, 0.717) is 28.1 Å². The molecule has 43 heavy (non-hydrogen) atoms.